The molecule has 0 aliphatic rings. The van der Waals surface area contributed by atoms with Gasteiger partial charge in [-0.15, -0.1) is 0 Å². The highest BCUT2D eigenvalue weighted by atomic mass is 79.9. The number of hydrogen-bond acceptors (Lipinski definition) is 2. The number of carbonyl (C=O) groups is 2. The third kappa shape index (κ3) is 4.81. The molecule has 120 valence electrons. The molecular formula is C17H16BrClN2O2. The van der Waals surface area contributed by atoms with E-state index in [1.165, 1.54) is 11.8 Å². The number of hydrogen-bond donors (Lipinski definition) is 1. The number of para-hydroxylation sites is 2. The summed E-state index contributed by atoms with van der Waals surface area (Å²) in [4.78, 5) is 25.5. The maximum Gasteiger partial charge on any atom is 0.226 e. The van der Waals surface area contributed by atoms with Crippen molar-refractivity contribution in [1.82, 2.24) is 0 Å². The van der Waals surface area contributed by atoms with Crippen molar-refractivity contribution in [3.05, 3.63) is 58.0 Å². The highest BCUT2D eigenvalue weighted by molar-refractivity contribution is 9.10. The van der Waals surface area contributed by atoms with Crippen LogP contribution in [0.1, 0.15) is 13.3 Å². The molecule has 0 atom stereocenters. The number of anilines is 2. The van der Waals surface area contributed by atoms with Crippen LogP contribution in [-0.2, 0) is 9.59 Å². The first-order chi connectivity index (χ1) is 11.0. The molecule has 0 bridgehead atoms. The molecule has 6 heteroatoms. The van der Waals surface area contributed by atoms with E-state index in [4.69, 9.17) is 11.6 Å². The van der Waals surface area contributed by atoms with Gasteiger partial charge in [-0.1, -0.05) is 35.9 Å². The third-order valence-electron chi connectivity index (χ3n) is 3.23. The molecular weight excluding hydrogens is 380 g/mol. The molecule has 0 aliphatic carbocycles. The lowest BCUT2D eigenvalue weighted by molar-refractivity contribution is -0.117. The maximum atomic E-state index is 12.1. The van der Waals surface area contributed by atoms with Crippen molar-refractivity contribution in [2.75, 3.05) is 16.8 Å². The Balaban J connectivity index is 2.02. The number of amides is 2. The van der Waals surface area contributed by atoms with E-state index in [1.54, 1.807) is 30.3 Å². The van der Waals surface area contributed by atoms with E-state index in [2.05, 4.69) is 21.2 Å². The summed E-state index contributed by atoms with van der Waals surface area (Å²) >= 11 is 9.51. The fraction of sp³-hybridized carbons (Fsp3) is 0.176. The zero-order valence-electron chi connectivity index (χ0n) is 12.6. The molecule has 0 unspecified atom stereocenters. The first kappa shape index (κ1) is 17.5. The first-order valence-corrected chi connectivity index (χ1v) is 8.23. The SMILES string of the molecule is CC(=O)N(CCC(=O)Nc1ccccc1Br)c1ccccc1Cl. The molecule has 2 amide bonds. The van der Waals surface area contributed by atoms with Crippen LogP contribution in [0, 0.1) is 0 Å². The minimum absolute atomic E-state index is 0.160. The summed E-state index contributed by atoms with van der Waals surface area (Å²) in [5.74, 6) is -0.331. The zero-order chi connectivity index (χ0) is 16.8. The second-order valence-electron chi connectivity index (χ2n) is 4.90. The molecule has 0 aliphatic heterocycles. The van der Waals surface area contributed by atoms with Gasteiger partial charge in [-0.25, -0.2) is 0 Å². The normalized spacial score (nSPS) is 10.2. The van der Waals surface area contributed by atoms with Gasteiger partial charge in [-0.3, -0.25) is 9.59 Å². The van der Waals surface area contributed by atoms with Gasteiger partial charge >= 0.3 is 0 Å². The summed E-state index contributed by atoms with van der Waals surface area (Å²) in [5.41, 5.74) is 1.31. The standard InChI is InChI=1S/C17H16BrClN2O2/c1-12(22)21(16-9-5-3-7-14(16)19)11-10-17(23)20-15-8-4-2-6-13(15)18/h2-9H,10-11H2,1H3,(H,20,23). The van der Waals surface area contributed by atoms with Crippen LogP contribution in [0.3, 0.4) is 0 Å². The minimum atomic E-state index is -0.171. The average molecular weight is 396 g/mol. The van der Waals surface area contributed by atoms with Gasteiger partial charge in [0.15, 0.2) is 0 Å². The molecule has 4 nitrogen and oxygen atoms in total. The molecule has 0 spiro atoms. The summed E-state index contributed by atoms with van der Waals surface area (Å²) < 4.78 is 0.808. The second-order valence-corrected chi connectivity index (χ2v) is 6.16. The maximum absolute atomic E-state index is 12.1. The topological polar surface area (TPSA) is 49.4 Å². The molecule has 0 radical (unpaired) electrons. The van der Waals surface area contributed by atoms with Crippen molar-refractivity contribution in [3.63, 3.8) is 0 Å². The Labute approximate surface area is 148 Å². The van der Waals surface area contributed by atoms with Crippen molar-refractivity contribution >= 4 is 50.7 Å². The van der Waals surface area contributed by atoms with E-state index < -0.39 is 0 Å². The predicted octanol–water partition coefficient (Wildman–Crippen LogP) is 4.48. The summed E-state index contributed by atoms with van der Waals surface area (Å²) in [6.45, 7) is 1.71. The average Bonchev–Trinajstić information content (AvgIpc) is 2.51. The van der Waals surface area contributed by atoms with Gasteiger partial charge in [0.25, 0.3) is 0 Å². The number of halogens is 2. The van der Waals surface area contributed by atoms with Crippen LogP contribution in [0.25, 0.3) is 0 Å². The predicted molar refractivity (Wildman–Crippen MR) is 96.9 cm³/mol. The number of nitrogens with zero attached hydrogens (tertiary/aromatic N) is 1. The zero-order valence-corrected chi connectivity index (χ0v) is 14.9. The Morgan fingerprint density at radius 2 is 1.78 bits per heavy atom. The van der Waals surface area contributed by atoms with E-state index in [0.29, 0.717) is 16.4 Å². The quantitative estimate of drug-likeness (QED) is 0.811. The second kappa shape index (κ2) is 8.13. The summed E-state index contributed by atoms with van der Waals surface area (Å²) in [6, 6.07) is 14.4. The summed E-state index contributed by atoms with van der Waals surface area (Å²) in [5, 5.41) is 3.29. The van der Waals surface area contributed by atoms with E-state index >= 15 is 0 Å². The lowest BCUT2D eigenvalue weighted by Gasteiger charge is -2.22. The fourth-order valence-electron chi connectivity index (χ4n) is 2.11. The summed E-state index contributed by atoms with van der Waals surface area (Å²) in [6.07, 6.45) is 0.173. The van der Waals surface area contributed by atoms with Crippen LogP contribution in [0.2, 0.25) is 5.02 Å². The number of rotatable bonds is 5. The fourth-order valence-corrected chi connectivity index (χ4v) is 2.73. The van der Waals surface area contributed by atoms with E-state index in [-0.39, 0.29) is 24.8 Å². The molecule has 23 heavy (non-hydrogen) atoms. The summed E-state index contributed by atoms with van der Waals surface area (Å²) in [7, 11) is 0. The van der Waals surface area contributed by atoms with Gasteiger partial charge < -0.3 is 10.2 Å². The van der Waals surface area contributed by atoms with Gasteiger partial charge in [-0.2, -0.15) is 0 Å². The number of carbonyl (C=O) groups excluding carboxylic acids is 2. The molecule has 0 saturated heterocycles. The van der Waals surface area contributed by atoms with Crippen LogP contribution in [0.15, 0.2) is 53.0 Å². The third-order valence-corrected chi connectivity index (χ3v) is 4.24. The molecule has 0 aromatic heterocycles. The van der Waals surface area contributed by atoms with Crippen LogP contribution in [0.5, 0.6) is 0 Å². The van der Waals surface area contributed by atoms with Crippen molar-refractivity contribution in [2.45, 2.75) is 13.3 Å². The highest BCUT2D eigenvalue weighted by Crippen LogP contribution is 2.26. The highest BCUT2D eigenvalue weighted by Gasteiger charge is 2.16. The molecule has 0 saturated carbocycles. The molecule has 1 N–H and O–H groups in total. The van der Waals surface area contributed by atoms with Crippen LogP contribution < -0.4 is 10.2 Å². The first-order valence-electron chi connectivity index (χ1n) is 7.06. The lowest BCUT2D eigenvalue weighted by atomic mass is 10.2. The molecule has 2 aromatic rings. The molecule has 2 aromatic carbocycles. The van der Waals surface area contributed by atoms with Crippen molar-refractivity contribution < 1.29 is 9.59 Å². The lowest BCUT2D eigenvalue weighted by Crippen LogP contribution is -2.32. The van der Waals surface area contributed by atoms with Gasteiger partial charge in [0.05, 0.1) is 16.4 Å². The molecule has 0 fully saturated rings. The Bertz CT molecular complexity index is 721. The van der Waals surface area contributed by atoms with Gasteiger partial charge in [0.2, 0.25) is 11.8 Å². The monoisotopic (exact) mass is 394 g/mol. The number of nitrogens with one attached hydrogen (secondary N) is 1. The smallest absolute Gasteiger partial charge is 0.226 e. The van der Waals surface area contributed by atoms with Gasteiger partial charge in [-0.05, 0) is 40.2 Å². The molecule has 0 heterocycles. The van der Waals surface area contributed by atoms with E-state index in [0.717, 1.165) is 4.47 Å². The number of benzene rings is 2. The van der Waals surface area contributed by atoms with Crippen LogP contribution in [-0.4, -0.2) is 18.4 Å². The minimum Gasteiger partial charge on any atom is -0.325 e. The Morgan fingerprint density at radius 1 is 1.13 bits per heavy atom. The van der Waals surface area contributed by atoms with E-state index in [9.17, 15) is 9.59 Å². The Kier molecular flexibility index (Phi) is 6.19. The van der Waals surface area contributed by atoms with Crippen molar-refractivity contribution in [2.24, 2.45) is 0 Å². The van der Waals surface area contributed by atoms with Gasteiger partial charge in [0, 0.05) is 24.4 Å². The van der Waals surface area contributed by atoms with Crippen LogP contribution in [0.4, 0.5) is 11.4 Å². The van der Waals surface area contributed by atoms with Gasteiger partial charge in [0.1, 0.15) is 0 Å². The van der Waals surface area contributed by atoms with Crippen LogP contribution >= 0.6 is 27.5 Å². The largest absolute Gasteiger partial charge is 0.325 e. The Hall–Kier alpha value is -1.85. The molecule has 2 rings (SSSR count). The van der Waals surface area contributed by atoms with E-state index in [1.807, 2.05) is 18.2 Å². The van der Waals surface area contributed by atoms with Crippen molar-refractivity contribution in [3.8, 4) is 0 Å². The Morgan fingerprint density at radius 3 is 2.43 bits per heavy atom. The van der Waals surface area contributed by atoms with Crippen molar-refractivity contribution in [1.29, 1.82) is 0 Å².